The van der Waals surface area contributed by atoms with E-state index >= 15 is 0 Å². The summed E-state index contributed by atoms with van der Waals surface area (Å²) in [7, 11) is 1.54. The summed E-state index contributed by atoms with van der Waals surface area (Å²) in [4.78, 5) is 40.5. The standard InChI is InChI=1S/C27H34N4O6/c1-35-20-9-10-21-24(16-20)36-14-12-29-27(34)22(7-4-5-11-28-26(21)33)30-25(32)18-31-13-15-37-23-8-3-2-6-19(23)17-31/h2-3,6,8-10,16,22H,4-5,7,11-15,17-18H2,1H3,(H,28,33)(H,29,34)(H,30,32)/t22-/m0/s1. The molecule has 0 bridgehead atoms. The molecule has 2 heterocycles. The van der Waals surface area contributed by atoms with E-state index in [0.29, 0.717) is 62.6 Å². The Labute approximate surface area is 216 Å². The number of benzene rings is 2. The van der Waals surface area contributed by atoms with E-state index in [-0.39, 0.29) is 37.4 Å². The van der Waals surface area contributed by atoms with E-state index < -0.39 is 6.04 Å². The Kier molecular flexibility index (Phi) is 9.20. The van der Waals surface area contributed by atoms with Crippen LogP contribution in [0.15, 0.2) is 42.5 Å². The second-order valence-corrected chi connectivity index (χ2v) is 9.04. The molecule has 2 aromatic carbocycles. The summed E-state index contributed by atoms with van der Waals surface area (Å²) in [5, 5.41) is 8.65. The average molecular weight is 511 g/mol. The molecule has 0 aromatic heterocycles. The first-order valence-electron chi connectivity index (χ1n) is 12.6. The molecule has 0 fully saturated rings. The van der Waals surface area contributed by atoms with Crippen LogP contribution in [-0.4, -0.2) is 75.2 Å². The summed E-state index contributed by atoms with van der Waals surface area (Å²) >= 11 is 0. The van der Waals surface area contributed by atoms with Gasteiger partial charge in [-0.3, -0.25) is 19.3 Å². The van der Waals surface area contributed by atoms with Crippen molar-refractivity contribution < 1.29 is 28.6 Å². The van der Waals surface area contributed by atoms with Crippen molar-refractivity contribution in [1.82, 2.24) is 20.9 Å². The molecule has 0 saturated heterocycles. The Morgan fingerprint density at radius 1 is 1.05 bits per heavy atom. The minimum Gasteiger partial charge on any atom is -0.497 e. The lowest BCUT2D eigenvalue weighted by atomic mass is 10.1. The predicted molar refractivity (Wildman–Crippen MR) is 137 cm³/mol. The maximum Gasteiger partial charge on any atom is 0.255 e. The molecule has 3 N–H and O–H groups in total. The van der Waals surface area contributed by atoms with Gasteiger partial charge in [-0.15, -0.1) is 0 Å². The number of carbonyl (C=O) groups excluding carboxylic acids is 3. The Hall–Kier alpha value is -3.79. The number of nitrogens with zero attached hydrogens (tertiary/aromatic N) is 1. The van der Waals surface area contributed by atoms with Crippen LogP contribution in [0.2, 0.25) is 0 Å². The highest BCUT2D eigenvalue weighted by molar-refractivity contribution is 5.97. The van der Waals surface area contributed by atoms with Crippen molar-refractivity contribution in [3.05, 3.63) is 53.6 Å². The molecule has 10 nitrogen and oxygen atoms in total. The average Bonchev–Trinajstić information content (AvgIpc) is 3.11. The number of hydrogen-bond donors (Lipinski definition) is 3. The van der Waals surface area contributed by atoms with E-state index in [1.54, 1.807) is 25.3 Å². The third kappa shape index (κ3) is 7.36. The third-order valence-electron chi connectivity index (χ3n) is 6.35. The molecule has 2 aliphatic rings. The van der Waals surface area contributed by atoms with Crippen LogP contribution >= 0.6 is 0 Å². The van der Waals surface area contributed by atoms with Crippen LogP contribution in [0.4, 0.5) is 0 Å². The number of methoxy groups -OCH3 is 1. The van der Waals surface area contributed by atoms with E-state index in [1.807, 2.05) is 29.2 Å². The molecular weight excluding hydrogens is 476 g/mol. The van der Waals surface area contributed by atoms with Crippen molar-refractivity contribution in [2.24, 2.45) is 0 Å². The SMILES string of the molecule is COc1ccc2c(c1)OCCNC(=O)[C@@H](NC(=O)CN1CCOc3ccccc3C1)CCCCNC2=O. The molecule has 4 rings (SSSR count). The Morgan fingerprint density at radius 3 is 2.76 bits per heavy atom. The fourth-order valence-electron chi connectivity index (χ4n) is 4.39. The highest BCUT2D eigenvalue weighted by atomic mass is 16.5. The van der Waals surface area contributed by atoms with Gasteiger partial charge in [0.15, 0.2) is 0 Å². The highest BCUT2D eigenvalue weighted by Gasteiger charge is 2.23. The van der Waals surface area contributed by atoms with Crippen LogP contribution in [0.25, 0.3) is 0 Å². The molecule has 0 unspecified atom stereocenters. The van der Waals surface area contributed by atoms with E-state index in [1.165, 1.54) is 0 Å². The number of ether oxygens (including phenoxy) is 3. The molecular formula is C27H34N4O6. The van der Waals surface area contributed by atoms with Gasteiger partial charge in [0.05, 0.1) is 25.8 Å². The largest absolute Gasteiger partial charge is 0.497 e. The maximum absolute atomic E-state index is 12.9. The predicted octanol–water partition coefficient (Wildman–Crippen LogP) is 1.48. The molecule has 10 heteroatoms. The second-order valence-electron chi connectivity index (χ2n) is 9.04. The van der Waals surface area contributed by atoms with Gasteiger partial charge < -0.3 is 30.2 Å². The van der Waals surface area contributed by atoms with E-state index in [4.69, 9.17) is 14.2 Å². The molecule has 37 heavy (non-hydrogen) atoms. The number of para-hydroxylation sites is 1. The summed E-state index contributed by atoms with van der Waals surface area (Å²) in [6.45, 7) is 2.71. The zero-order chi connectivity index (χ0) is 26.0. The van der Waals surface area contributed by atoms with Crippen molar-refractivity contribution in [3.63, 3.8) is 0 Å². The van der Waals surface area contributed by atoms with Gasteiger partial charge in [-0.05, 0) is 37.5 Å². The molecule has 3 amide bonds. The fourth-order valence-corrected chi connectivity index (χ4v) is 4.39. The molecule has 0 radical (unpaired) electrons. The quantitative estimate of drug-likeness (QED) is 0.570. The lowest BCUT2D eigenvalue weighted by Crippen LogP contribution is -2.50. The number of hydrogen-bond acceptors (Lipinski definition) is 7. The van der Waals surface area contributed by atoms with Crippen molar-refractivity contribution >= 4 is 17.7 Å². The lowest BCUT2D eigenvalue weighted by Gasteiger charge is -2.23. The van der Waals surface area contributed by atoms with Crippen LogP contribution in [0.3, 0.4) is 0 Å². The summed E-state index contributed by atoms with van der Waals surface area (Å²) in [6, 6.07) is 12.1. The van der Waals surface area contributed by atoms with E-state index in [9.17, 15) is 14.4 Å². The highest BCUT2D eigenvalue weighted by Crippen LogP contribution is 2.25. The van der Waals surface area contributed by atoms with Gasteiger partial charge in [-0.25, -0.2) is 0 Å². The third-order valence-corrected chi connectivity index (χ3v) is 6.35. The monoisotopic (exact) mass is 510 g/mol. The zero-order valence-electron chi connectivity index (χ0n) is 21.1. The molecule has 2 aliphatic heterocycles. The van der Waals surface area contributed by atoms with E-state index in [2.05, 4.69) is 16.0 Å². The Bertz CT molecular complexity index is 1110. The van der Waals surface area contributed by atoms with Crippen LogP contribution in [0, 0.1) is 0 Å². The van der Waals surface area contributed by atoms with Gasteiger partial charge in [-0.2, -0.15) is 0 Å². The first-order chi connectivity index (χ1) is 18.0. The van der Waals surface area contributed by atoms with Gasteiger partial charge >= 0.3 is 0 Å². The topological polar surface area (TPSA) is 118 Å². The summed E-state index contributed by atoms with van der Waals surface area (Å²) in [6.07, 6.45) is 1.79. The summed E-state index contributed by atoms with van der Waals surface area (Å²) in [5.41, 5.74) is 1.45. The maximum atomic E-state index is 12.9. The summed E-state index contributed by atoms with van der Waals surface area (Å²) in [5.74, 6) is 1.09. The van der Waals surface area contributed by atoms with Crippen LogP contribution in [0.1, 0.15) is 35.2 Å². The minimum atomic E-state index is -0.672. The molecule has 198 valence electrons. The van der Waals surface area contributed by atoms with Crippen molar-refractivity contribution in [1.29, 1.82) is 0 Å². The smallest absolute Gasteiger partial charge is 0.255 e. The normalized spacial score (nSPS) is 19.3. The molecule has 0 spiro atoms. The first kappa shape index (κ1) is 26.3. The van der Waals surface area contributed by atoms with Gasteiger partial charge in [0.2, 0.25) is 11.8 Å². The lowest BCUT2D eigenvalue weighted by molar-refractivity contribution is -0.129. The second kappa shape index (κ2) is 13.0. The van der Waals surface area contributed by atoms with Gasteiger partial charge in [0.25, 0.3) is 5.91 Å². The number of nitrogens with one attached hydrogen (secondary N) is 3. The number of carbonyl (C=O) groups is 3. The molecule has 1 atom stereocenters. The van der Waals surface area contributed by atoms with Gasteiger partial charge in [0, 0.05) is 31.3 Å². The number of amides is 3. The number of fused-ring (bicyclic) bond motifs is 2. The van der Waals surface area contributed by atoms with Crippen LogP contribution in [0.5, 0.6) is 17.2 Å². The van der Waals surface area contributed by atoms with Crippen LogP contribution < -0.4 is 30.2 Å². The fraction of sp³-hybridized carbons (Fsp3) is 0.444. The number of rotatable bonds is 4. The van der Waals surface area contributed by atoms with Crippen molar-refractivity contribution in [2.45, 2.75) is 31.8 Å². The Morgan fingerprint density at radius 2 is 1.89 bits per heavy atom. The van der Waals surface area contributed by atoms with Gasteiger partial charge in [-0.1, -0.05) is 18.2 Å². The van der Waals surface area contributed by atoms with Crippen molar-refractivity contribution in [3.8, 4) is 17.2 Å². The summed E-state index contributed by atoms with van der Waals surface area (Å²) < 4.78 is 16.8. The molecule has 2 aromatic rings. The van der Waals surface area contributed by atoms with E-state index in [0.717, 1.165) is 11.3 Å². The minimum absolute atomic E-state index is 0.160. The molecule has 0 saturated carbocycles. The molecule has 0 aliphatic carbocycles. The Balaban J connectivity index is 1.35. The van der Waals surface area contributed by atoms with Crippen molar-refractivity contribution in [2.75, 3.05) is 46.5 Å². The van der Waals surface area contributed by atoms with Gasteiger partial charge in [0.1, 0.15) is 36.5 Å². The zero-order valence-corrected chi connectivity index (χ0v) is 21.1. The van der Waals surface area contributed by atoms with Crippen LogP contribution in [-0.2, 0) is 16.1 Å². The first-order valence-corrected chi connectivity index (χ1v) is 12.6.